The van der Waals surface area contributed by atoms with Crippen LogP contribution in [-0.4, -0.2) is 14.0 Å². The van der Waals surface area contributed by atoms with Crippen molar-refractivity contribution in [3.05, 3.63) is 176 Å². The van der Waals surface area contributed by atoms with E-state index in [2.05, 4.69) is 179 Å². The van der Waals surface area contributed by atoms with Crippen molar-refractivity contribution in [2.45, 2.75) is 0 Å². The molecule has 0 aliphatic carbocycles. The zero-order valence-corrected chi connectivity index (χ0v) is 29.5. The monoisotopic (exact) mass is 699 g/mol. The summed E-state index contributed by atoms with van der Waals surface area (Å²) in [5.41, 5.74) is 14.3. The van der Waals surface area contributed by atoms with Crippen LogP contribution in [0.4, 0.5) is 0 Å². The Kier molecular flexibility index (Phi) is 5.60. The number of fused-ring (bicyclic) bond motifs is 13. The maximum Gasteiger partial charge on any atom is 0.146 e. The van der Waals surface area contributed by atoms with Crippen molar-refractivity contribution < 1.29 is 4.42 Å². The second kappa shape index (κ2) is 10.6. The zero-order chi connectivity index (χ0) is 35.8. The van der Waals surface area contributed by atoms with Gasteiger partial charge in [0.25, 0.3) is 0 Å². The van der Waals surface area contributed by atoms with Gasteiger partial charge in [0.15, 0.2) is 0 Å². The topological polar surface area (TPSA) is 35.4 Å². The third kappa shape index (κ3) is 3.82. The van der Waals surface area contributed by atoms with Gasteiger partial charge in [0, 0.05) is 65.3 Å². The molecule has 0 unspecified atom stereocenters. The highest BCUT2D eigenvalue weighted by Gasteiger charge is 2.25. The van der Waals surface area contributed by atoms with E-state index in [1.807, 2.05) is 6.07 Å². The lowest BCUT2D eigenvalue weighted by Crippen LogP contribution is -1.93. The molecule has 5 aromatic heterocycles. The summed E-state index contributed by atoms with van der Waals surface area (Å²) in [7, 11) is 0. The fraction of sp³-hybridized carbons (Fsp3) is 0. The van der Waals surface area contributed by atoms with Crippen LogP contribution in [0.25, 0.3) is 121 Å². The fourth-order valence-electron chi connectivity index (χ4n) is 9.52. The Morgan fingerprint density at radius 3 is 2.05 bits per heavy atom. The third-order valence-corrected chi connectivity index (χ3v) is 11.8. The Balaban J connectivity index is 1.08. The summed E-state index contributed by atoms with van der Waals surface area (Å²) in [6, 6.07) is 63.3. The minimum Gasteiger partial charge on any atom is -0.455 e. The van der Waals surface area contributed by atoms with E-state index in [1.54, 1.807) is 0 Å². The first-order chi connectivity index (χ1) is 27.3. The van der Waals surface area contributed by atoms with Gasteiger partial charge in [-0.3, -0.25) is 4.40 Å². The summed E-state index contributed by atoms with van der Waals surface area (Å²) in [4.78, 5) is 5.43. The molecule has 4 nitrogen and oxygen atoms in total. The molecule has 0 saturated carbocycles. The molecule has 0 saturated heterocycles. The third-order valence-electron chi connectivity index (χ3n) is 11.8. The maximum atomic E-state index is 6.65. The van der Waals surface area contributed by atoms with Crippen LogP contribution < -0.4 is 0 Å². The summed E-state index contributed by atoms with van der Waals surface area (Å²) in [5, 5.41) is 10.7. The molecule has 8 aromatic carbocycles. The molecular weight excluding hydrogens is 671 g/mol. The Morgan fingerprint density at radius 2 is 1.13 bits per heavy atom. The Bertz CT molecular complexity index is 3720. The van der Waals surface area contributed by atoms with Crippen molar-refractivity contribution >= 4 is 92.9 Å². The highest BCUT2D eigenvalue weighted by Crippen LogP contribution is 2.47. The highest BCUT2D eigenvalue weighted by atomic mass is 16.3. The second-order valence-electron chi connectivity index (χ2n) is 14.7. The first kappa shape index (κ1) is 29.1. The molecular formula is C51H29N3O. The minimum atomic E-state index is 0.899. The molecule has 0 aliphatic rings. The van der Waals surface area contributed by atoms with E-state index in [-0.39, 0.29) is 0 Å². The lowest BCUT2D eigenvalue weighted by atomic mass is 9.94. The summed E-state index contributed by atoms with van der Waals surface area (Å²) < 4.78 is 11.4. The number of aromatic nitrogens is 3. The van der Waals surface area contributed by atoms with Crippen molar-refractivity contribution in [1.82, 2.24) is 14.0 Å². The van der Waals surface area contributed by atoms with Gasteiger partial charge in [0.2, 0.25) is 0 Å². The largest absolute Gasteiger partial charge is 0.455 e. The SMILES string of the molecule is c1ccc(-n2c3ccccc3c3ccc(-c4ccc5c(c4)c4cccc6c7c(-c8cccc9c8oc8ccccc89)c8ccccc8nc7n5c46)cc32)cc1. The molecule has 254 valence electrons. The Labute approximate surface area is 314 Å². The van der Waals surface area contributed by atoms with Crippen LogP contribution in [0.15, 0.2) is 180 Å². The van der Waals surface area contributed by atoms with Gasteiger partial charge in [-0.15, -0.1) is 0 Å². The van der Waals surface area contributed by atoms with Crippen LogP contribution in [-0.2, 0) is 0 Å². The van der Waals surface area contributed by atoms with Crippen molar-refractivity contribution in [3.8, 4) is 27.9 Å². The first-order valence-electron chi connectivity index (χ1n) is 18.8. The van der Waals surface area contributed by atoms with Gasteiger partial charge in [-0.05, 0) is 59.7 Å². The average Bonchev–Trinajstić information content (AvgIpc) is 3.98. The Morgan fingerprint density at radius 1 is 0.436 bits per heavy atom. The number of hydrogen-bond donors (Lipinski definition) is 0. The lowest BCUT2D eigenvalue weighted by Gasteiger charge is -2.11. The van der Waals surface area contributed by atoms with Gasteiger partial charge in [-0.2, -0.15) is 0 Å². The van der Waals surface area contributed by atoms with E-state index >= 15 is 0 Å². The molecule has 0 N–H and O–H groups in total. The quantitative estimate of drug-likeness (QED) is 0.184. The zero-order valence-electron chi connectivity index (χ0n) is 29.5. The molecule has 0 aliphatic heterocycles. The molecule has 0 bridgehead atoms. The smallest absolute Gasteiger partial charge is 0.146 e. The van der Waals surface area contributed by atoms with E-state index in [9.17, 15) is 0 Å². The normalized spacial score (nSPS) is 12.4. The van der Waals surface area contributed by atoms with E-state index in [4.69, 9.17) is 9.40 Å². The van der Waals surface area contributed by atoms with Crippen molar-refractivity contribution in [2.75, 3.05) is 0 Å². The van der Waals surface area contributed by atoms with E-state index in [0.717, 1.165) is 66.2 Å². The number of pyridine rings is 1. The van der Waals surface area contributed by atoms with Crippen molar-refractivity contribution in [3.63, 3.8) is 0 Å². The summed E-state index contributed by atoms with van der Waals surface area (Å²) in [6.07, 6.45) is 0. The molecule has 0 amide bonds. The molecule has 13 rings (SSSR count). The van der Waals surface area contributed by atoms with Crippen molar-refractivity contribution in [2.24, 2.45) is 0 Å². The molecule has 0 spiro atoms. The number of para-hydroxylation sites is 6. The van der Waals surface area contributed by atoms with Gasteiger partial charge in [0.05, 0.1) is 27.6 Å². The number of furan rings is 1. The number of rotatable bonds is 3. The fourth-order valence-corrected chi connectivity index (χ4v) is 9.52. The molecule has 55 heavy (non-hydrogen) atoms. The summed E-state index contributed by atoms with van der Waals surface area (Å²) in [6.45, 7) is 0. The van der Waals surface area contributed by atoms with Crippen LogP contribution in [0.5, 0.6) is 0 Å². The second-order valence-corrected chi connectivity index (χ2v) is 14.7. The molecule has 13 aromatic rings. The molecule has 0 fully saturated rings. The van der Waals surface area contributed by atoms with Crippen LogP contribution in [0.1, 0.15) is 0 Å². The van der Waals surface area contributed by atoms with Crippen LogP contribution >= 0.6 is 0 Å². The first-order valence-corrected chi connectivity index (χ1v) is 18.8. The number of nitrogens with zero attached hydrogens (tertiary/aromatic N) is 3. The van der Waals surface area contributed by atoms with E-state index in [1.165, 1.54) is 54.6 Å². The van der Waals surface area contributed by atoms with Crippen molar-refractivity contribution in [1.29, 1.82) is 0 Å². The van der Waals surface area contributed by atoms with E-state index < -0.39 is 0 Å². The standard InChI is InChI=1S/C51H29N3O/c1-2-12-32(13-3-1)53-43-22-8-5-14-33(43)34-26-24-31(29-45(34)53)30-25-27-44-41(28-30)36-17-10-19-39-48-47(38-16-4-7-21-42(38)52-51(48)54(44)49(36)39)40-20-11-18-37-35-15-6-9-23-46(35)55-50(37)40/h1-29H. The number of benzene rings is 8. The molecule has 5 heterocycles. The van der Waals surface area contributed by atoms with Gasteiger partial charge in [0.1, 0.15) is 16.8 Å². The van der Waals surface area contributed by atoms with E-state index in [0.29, 0.717) is 0 Å². The summed E-state index contributed by atoms with van der Waals surface area (Å²) in [5.74, 6) is 0. The van der Waals surface area contributed by atoms with Crippen LogP contribution in [0.2, 0.25) is 0 Å². The van der Waals surface area contributed by atoms with Gasteiger partial charge < -0.3 is 8.98 Å². The molecule has 0 radical (unpaired) electrons. The van der Waals surface area contributed by atoms with Crippen LogP contribution in [0.3, 0.4) is 0 Å². The summed E-state index contributed by atoms with van der Waals surface area (Å²) >= 11 is 0. The minimum absolute atomic E-state index is 0.899. The lowest BCUT2D eigenvalue weighted by molar-refractivity contribution is 0.670. The average molecular weight is 700 g/mol. The predicted molar refractivity (Wildman–Crippen MR) is 229 cm³/mol. The van der Waals surface area contributed by atoms with Gasteiger partial charge in [-0.25, -0.2) is 4.98 Å². The molecule has 4 heteroatoms. The predicted octanol–water partition coefficient (Wildman–Crippen LogP) is 13.7. The number of hydrogen-bond acceptors (Lipinski definition) is 2. The maximum absolute atomic E-state index is 6.65. The van der Waals surface area contributed by atoms with Gasteiger partial charge in [-0.1, -0.05) is 127 Å². The Hall–Kier alpha value is -7.43. The van der Waals surface area contributed by atoms with Crippen LogP contribution in [0, 0.1) is 0 Å². The molecule has 0 atom stereocenters. The highest BCUT2D eigenvalue weighted by molar-refractivity contribution is 6.29. The van der Waals surface area contributed by atoms with Gasteiger partial charge >= 0.3 is 0 Å².